The van der Waals surface area contributed by atoms with Gasteiger partial charge in [0.1, 0.15) is 11.6 Å². The predicted molar refractivity (Wildman–Crippen MR) is 151 cm³/mol. The number of nitrogens with zero attached hydrogens (tertiary/aromatic N) is 5. The van der Waals surface area contributed by atoms with E-state index < -0.39 is 5.54 Å². The molecule has 2 aromatic heterocycles. The summed E-state index contributed by atoms with van der Waals surface area (Å²) < 4.78 is 7.67. The van der Waals surface area contributed by atoms with Crippen molar-refractivity contribution < 1.29 is 9.53 Å². The minimum atomic E-state index is -0.460. The number of aryl methyl sites for hydroxylation is 1. The molecule has 5 rings (SSSR count). The van der Waals surface area contributed by atoms with Crippen LogP contribution in [0.1, 0.15) is 61.5 Å². The van der Waals surface area contributed by atoms with E-state index in [1.165, 1.54) is 24.8 Å². The maximum atomic E-state index is 13.9. The minimum absolute atomic E-state index is 0.0456. The Morgan fingerprint density at radius 1 is 1.03 bits per heavy atom. The summed E-state index contributed by atoms with van der Waals surface area (Å²) in [6.07, 6.45) is 5.49. The second kappa shape index (κ2) is 10.5. The summed E-state index contributed by atoms with van der Waals surface area (Å²) in [7, 11) is 0. The van der Waals surface area contributed by atoms with Crippen molar-refractivity contribution in [2.24, 2.45) is 0 Å². The number of carbonyl (C=O) groups is 1. The fraction of sp³-hybridized carbons (Fsp3) is 0.367. The van der Waals surface area contributed by atoms with Gasteiger partial charge in [-0.25, -0.2) is 9.50 Å². The molecule has 1 aliphatic rings. The van der Waals surface area contributed by atoms with Gasteiger partial charge in [0, 0.05) is 29.8 Å². The molecule has 4 aromatic rings. The monoisotopic (exact) mass is 512 g/mol. The van der Waals surface area contributed by atoms with Crippen LogP contribution < -0.4 is 15.4 Å². The molecule has 2 N–H and O–H groups in total. The van der Waals surface area contributed by atoms with Crippen molar-refractivity contribution in [2.45, 2.75) is 59.0 Å². The standard InChI is InChI=1S/C30H36N6O2/c1-21-8-13-24(38-28-15-14-27-32-26(31)20-35(27)33-28)18-25(21)36(30(2,3)4)29(37)23-11-9-22(10-12-23)19-34-16-6-5-7-17-34/h8-15,18,20H,5-7,16-17,19,31H2,1-4H3. The molecule has 3 heterocycles. The number of fused-ring (bicyclic) bond motifs is 1. The van der Waals surface area contributed by atoms with E-state index in [0.29, 0.717) is 28.7 Å². The molecule has 0 atom stereocenters. The topological polar surface area (TPSA) is 89.0 Å². The Kier molecular flexibility index (Phi) is 7.08. The van der Waals surface area contributed by atoms with Crippen molar-refractivity contribution in [3.63, 3.8) is 0 Å². The van der Waals surface area contributed by atoms with E-state index in [-0.39, 0.29) is 5.91 Å². The van der Waals surface area contributed by atoms with E-state index >= 15 is 0 Å². The SMILES string of the molecule is Cc1ccc(Oc2ccc3nc(N)cn3n2)cc1N(C(=O)c1ccc(CN2CCCCC2)cc1)C(C)(C)C. The molecule has 1 aliphatic heterocycles. The molecule has 8 nitrogen and oxygen atoms in total. The number of amides is 1. The highest BCUT2D eigenvalue weighted by atomic mass is 16.5. The van der Waals surface area contributed by atoms with Crippen LogP contribution in [0.15, 0.2) is 60.8 Å². The third-order valence-electron chi connectivity index (χ3n) is 6.89. The Morgan fingerprint density at radius 3 is 2.47 bits per heavy atom. The Bertz CT molecular complexity index is 1430. The molecule has 0 spiro atoms. The largest absolute Gasteiger partial charge is 0.438 e. The smallest absolute Gasteiger partial charge is 0.258 e. The quantitative estimate of drug-likeness (QED) is 0.349. The number of aromatic nitrogens is 3. The van der Waals surface area contributed by atoms with E-state index in [4.69, 9.17) is 10.5 Å². The summed E-state index contributed by atoms with van der Waals surface area (Å²) >= 11 is 0. The molecule has 0 bridgehead atoms. The molecule has 0 saturated carbocycles. The van der Waals surface area contributed by atoms with Crippen LogP contribution in [0.4, 0.5) is 11.5 Å². The Labute approximate surface area is 224 Å². The lowest BCUT2D eigenvalue weighted by molar-refractivity contribution is 0.0965. The van der Waals surface area contributed by atoms with Crippen LogP contribution in [-0.4, -0.2) is 44.0 Å². The van der Waals surface area contributed by atoms with Gasteiger partial charge in [-0.3, -0.25) is 9.69 Å². The summed E-state index contributed by atoms with van der Waals surface area (Å²) in [5, 5.41) is 4.44. The van der Waals surface area contributed by atoms with Crippen LogP contribution in [0, 0.1) is 6.92 Å². The van der Waals surface area contributed by atoms with E-state index in [2.05, 4.69) is 27.1 Å². The van der Waals surface area contributed by atoms with Gasteiger partial charge in [-0.15, -0.1) is 5.10 Å². The van der Waals surface area contributed by atoms with Gasteiger partial charge in [0.15, 0.2) is 5.65 Å². The van der Waals surface area contributed by atoms with Crippen molar-refractivity contribution in [1.82, 2.24) is 19.5 Å². The number of hydrogen-bond acceptors (Lipinski definition) is 6. The van der Waals surface area contributed by atoms with Gasteiger partial charge in [-0.1, -0.05) is 24.6 Å². The number of ether oxygens (including phenoxy) is 1. The first kappa shape index (κ1) is 25.7. The number of nitrogens with two attached hydrogens (primary N) is 1. The van der Waals surface area contributed by atoms with Crippen LogP contribution >= 0.6 is 0 Å². The molecule has 1 fully saturated rings. The Hall–Kier alpha value is -3.91. The fourth-order valence-corrected chi connectivity index (χ4v) is 4.98. The van der Waals surface area contributed by atoms with Crippen LogP contribution in [0.3, 0.4) is 0 Å². The lowest BCUT2D eigenvalue weighted by atomic mass is 10.00. The molecule has 1 amide bonds. The third-order valence-corrected chi connectivity index (χ3v) is 6.89. The number of anilines is 2. The molecule has 8 heteroatoms. The highest BCUT2D eigenvalue weighted by molar-refractivity contribution is 6.07. The molecule has 38 heavy (non-hydrogen) atoms. The van der Waals surface area contributed by atoms with Crippen LogP contribution in [0.5, 0.6) is 11.6 Å². The maximum absolute atomic E-state index is 13.9. The van der Waals surface area contributed by atoms with Gasteiger partial charge < -0.3 is 15.4 Å². The first-order valence-corrected chi connectivity index (χ1v) is 13.2. The minimum Gasteiger partial charge on any atom is -0.438 e. The van der Waals surface area contributed by atoms with E-state index in [1.807, 2.05) is 62.9 Å². The van der Waals surface area contributed by atoms with E-state index in [1.54, 1.807) is 22.8 Å². The number of likely N-dealkylation sites (tertiary alicyclic amines) is 1. The van der Waals surface area contributed by atoms with Crippen molar-refractivity contribution >= 4 is 23.1 Å². The average Bonchev–Trinajstić information content (AvgIpc) is 3.25. The van der Waals surface area contributed by atoms with Gasteiger partial charge in [-0.05, 0) is 89.0 Å². The first-order valence-electron chi connectivity index (χ1n) is 13.2. The second-order valence-electron chi connectivity index (χ2n) is 11.0. The second-order valence-corrected chi connectivity index (χ2v) is 11.0. The van der Waals surface area contributed by atoms with Crippen LogP contribution in [0.2, 0.25) is 0 Å². The summed E-state index contributed by atoms with van der Waals surface area (Å²) in [5.41, 5.74) is 9.64. The first-order chi connectivity index (χ1) is 18.2. The normalized spacial score (nSPS) is 14.5. The van der Waals surface area contributed by atoms with E-state index in [0.717, 1.165) is 30.9 Å². The molecular weight excluding hydrogens is 476 g/mol. The number of piperidine rings is 1. The molecule has 0 aliphatic carbocycles. The number of benzene rings is 2. The molecule has 1 saturated heterocycles. The summed E-state index contributed by atoms with van der Waals surface area (Å²) in [4.78, 5) is 22.4. The van der Waals surface area contributed by atoms with Crippen LogP contribution in [0.25, 0.3) is 5.65 Å². The summed E-state index contributed by atoms with van der Waals surface area (Å²) in [5.74, 6) is 1.34. The zero-order chi connectivity index (χ0) is 26.9. The lowest BCUT2D eigenvalue weighted by Crippen LogP contribution is -2.46. The van der Waals surface area contributed by atoms with Gasteiger partial charge in [-0.2, -0.15) is 0 Å². The number of rotatable bonds is 6. The number of imidazole rings is 1. The van der Waals surface area contributed by atoms with Crippen molar-refractivity contribution in [3.05, 3.63) is 77.5 Å². The number of nitrogen functional groups attached to an aromatic ring is 1. The van der Waals surface area contributed by atoms with Crippen molar-refractivity contribution in [1.29, 1.82) is 0 Å². The fourth-order valence-electron chi connectivity index (χ4n) is 4.98. The van der Waals surface area contributed by atoms with Crippen molar-refractivity contribution in [3.8, 4) is 11.6 Å². The van der Waals surface area contributed by atoms with Crippen LogP contribution in [-0.2, 0) is 6.54 Å². The zero-order valence-corrected chi connectivity index (χ0v) is 22.6. The molecule has 0 radical (unpaired) electrons. The number of hydrogen-bond donors (Lipinski definition) is 1. The van der Waals surface area contributed by atoms with Crippen molar-refractivity contribution in [2.75, 3.05) is 23.7 Å². The molecular formula is C30H36N6O2. The Balaban J connectivity index is 1.39. The summed E-state index contributed by atoms with van der Waals surface area (Å²) in [6.45, 7) is 11.4. The van der Waals surface area contributed by atoms with Gasteiger partial charge in [0.05, 0.1) is 11.9 Å². The van der Waals surface area contributed by atoms with Gasteiger partial charge in [0.2, 0.25) is 5.88 Å². The summed E-state index contributed by atoms with van der Waals surface area (Å²) in [6, 6.07) is 17.4. The average molecular weight is 513 g/mol. The zero-order valence-electron chi connectivity index (χ0n) is 22.6. The molecule has 198 valence electrons. The highest BCUT2D eigenvalue weighted by Gasteiger charge is 2.30. The van der Waals surface area contributed by atoms with E-state index in [9.17, 15) is 4.79 Å². The lowest BCUT2D eigenvalue weighted by Gasteiger charge is -2.37. The van der Waals surface area contributed by atoms with Gasteiger partial charge in [0.25, 0.3) is 5.91 Å². The predicted octanol–water partition coefficient (Wildman–Crippen LogP) is 5.84. The highest BCUT2D eigenvalue weighted by Crippen LogP contribution is 2.34. The number of carbonyl (C=O) groups excluding carboxylic acids is 1. The third kappa shape index (κ3) is 5.65. The van der Waals surface area contributed by atoms with Gasteiger partial charge >= 0.3 is 0 Å². The Morgan fingerprint density at radius 2 is 1.76 bits per heavy atom. The maximum Gasteiger partial charge on any atom is 0.258 e. The molecule has 0 unspecified atom stereocenters. The molecule has 2 aromatic carbocycles.